The standard InChI is InChI=1S/C28H20N10O4/c1-36-24-21(26(41)37(2)28(36)42)32-27(33-24)38-23(16(13-29)14-30-38)35-34-19-12-15-8-6-7-11-18(15)20(22(19)39)25(40)31-17-9-4-3-5-10-17/h3-12,14,39H,1-2H3,(H,31,40)(H,32,33)/b35-34+. The van der Waals surface area contributed by atoms with Crippen molar-refractivity contribution < 1.29 is 9.90 Å². The smallest absolute Gasteiger partial charge is 0.332 e. The molecule has 1 amide bonds. The summed E-state index contributed by atoms with van der Waals surface area (Å²) in [5.74, 6) is -1.03. The van der Waals surface area contributed by atoms with Crippen molar-refractivity contribution in [3.05, 3.63) is 98.8 Å². The number of phenolic OH excluding ortho intramolecular Hbond substituents is 1. The van der Waals surface area contributed by atoms with Crippen LogP contribution in [0, 0.1) is 11.3 Å². The van der Waals surface area contributed by atoms with Gasteiger partial charge in [0, 0.05) is 19.8 Å². The summed E-state index contributed by atoms with van der Waals surface area (Å²) in [6.07, 6.45) is 1.23. The number of aromatic amines is 1. The Balaban J connectivity index is 1.47. The number of benzene rings is 3. The molecule has 0 unspecified atom stereocenters. The molecule has 0 radical (unpaired) electrons. The normalized spacial score (nSPS) is 11.4. The van der Waals surface area contributed by atoms with Gasteiger partial charge in [0.1, 0.15) is 23.0 Å². The van der Waals surface area contributed by atoms with Crippen LogP contribution in [-0.4, -0.2) is 39.9 Å². The van der Waals surface area contributed by atoms with Gasteiger partial charge in [-0.1, -0.05) is 42.5 Å². The van der Waals surface area contributed by atoms with E-state index in [4.69, 9.17) is 0 Å². The van der Waals surface area contributed by atoms with Crippen molar-refractivity contribution in [1.82, 2.24) is 28.9 Å². The third-order valence-electron chi connectivity index (χ3n) is 6.67. The van der Waals surface area contributed by atoms with Crippen molar-refractivity contribution in [2.75, 3.05) is 5.32 Å². The van der Waals surface area contributed by atoms with Crippen LogP contribution in [0.1, 0.15) is 15.9 Å². The molecular formula is C28H20N10O4. The van der Waals surface area contributed by atoms with E-state index in [2.05, 4.69) is 30.6 Å². The van der Waals surface area contributed by atoms with E-state index in [-0.39, 0.29) is 39.7 Å². The number of rotatable bonds is 5. The Labute approximate surface area is 235 Å². The van der Waals surface area contributed by atoms with E-state index >= 15 is 0 Å². The summed E-state index contributed by atoms with van der Waals surface area (Å²) in [7, 11) is 2.81. The Bertz CT molecular complexity index is 2230. The number of phenols is 1. The number of nitrogens with zero attached hydrogens (tertiary/aromatic N) is 8. The predicted molar refractivity (Wildman–Crippen MR) is 153 cm³/mol. The first kappa shape index (κ1) is 25.9. The highest BCUT2D eigenvalue weighted by atomic mass is 16.3. The van der Waals surface area contributed by atoms with Gasteiger partial charge in [0.15, 0.2) is 17.1 Å². The van der Waals surface area contributed by atoms with Crippen molar-refractivity contribution in [3.8, 4) is 17.8 Å². The van der Waals surface area contributed by atoms with Gasteiger partial charge in [-0.15, -0.1) is 10.2 Å². The van der Waals surface area contributed by atoms with Gasteiger partial charge in [-0.05, 0) is 29.0 Å². The number of hydrogen-bond donors (Lipinski definition) is 3. The molecular weight excluding hydrogens is 540 g/mol. The quantitative estimate of drug-likeness (QED) is 0.269. The molecule has 6 rings (SSSR count). The largest absolute Gasteiger partial charge is 0.505 e. The second kappa shape index (κ2) is 9.99. The Morgan fingerprint density at radius 3 is 2.55 bits per heavy atom. The fraction of sp³-hybridized carbons (Fsp3) is 0.0714. The maximum Gasteiger partial charge on any atom is 0.332 e. The SMILES string of the molecule is Cn1c(=O)c2nc(-n3ncc(C#N)c3/N=N/c3cc4ccccc4c(C(=O)Nc4ccccc4)c3O)[nH]c2n(C)c1=O. The summed E-state index contributed by atoms with van der Waals surface area (Å²) in [5, 5.41) is 37.3. The summed E-state index contributed by atoms with van der Waals surface area (Å²) in [6.45, 7) is 0. The van der Waals surface area contributed by atoms with Crippen molar-refractivity contribution in [2.45, 2.75) is 0 Å². The number of amides is 1. The van der Waals surface area contributed by atoms with E-state index in [0.29, 0.717) is 16.5 Å². The molecule has 0 bridgehead atoms. The van der Waals surface area contributed by atoms with Crippen molar-refractivity contribution in [2.24, 2.45) is 24.3 Å². The van der Waals surface area contributed by atoms with Gasteiger partial charge in [0.05, 0.1) is 11.8 Å². The van der Waals surface area contributed by atoms with E-state index in [1.54, 1.807) is 54.6 Å². The van der Waals surface area contributed by atoms with Gasteiger partial charge in [-0.25, -0.2) is 9.78 Å². The number of aromatic nitrogens is 6. The van der Waals surface area contributed by atoms with Crippen molar-refractivity contribution in [3.63, 3.8) is 0 Å². The van der Waals surface area contributed by atoms with Crippen LogP contribution in [0.4, 0.5) is 17.2 Å². The van der Waals surface area contributed by atoms with E-state index in [0.717, 1.165) is 9.25 Å². The molecule has 0 fully saturated rings. The highest BCUT2D eigenvalue weighted by Crippen LogP contribution is 2.38. The van der Waals surface area contributed by atoms with Crippen LogP contribution in [0.3, 0.4) is 0 Å². The summed E-state index contributed by atoms with van der Waals surface area (Å²) in [4.78, 5) is 45.4. The van der Waals surface area contributed by atoms with Gasteiger partial charge in [0.2, 0.25) is 5.95 Å². The van der Waals surface area contributed by atoms with Gasteiger partial charge in [-0.2, -0.15) is 15.0 Å². The Kier molecular flexibility index (Phi) is 6.16. The van der Waals surface area contributed by atoms with Crippen LogP contribution in [0.5, 0.6) is 5.75 Å². The first-order valence-corrected chi connectivity index (χ1v) is 12.5. The molecule has 0 aliphatic carbocycles. The molecule has 3 heterocycles. The minimum Gasteiger partial charge on any atom is -0.505 e. The molecule has 0 saturated carbocycles. The first-order chi connectivity index (χ1) is 20.3. The first-order valence-electron chi connectivity index (χ1n) is 12.5. The second-order valence-electron chi connectivity index (χ2n) is 9.23. The number of hydrogen-bond acceptors (Lipinski definition) is 9. The molecule has 0 aliphatic heterocycles. The zero-order valence-corrected chi connectivity index (χ0v) is 22.1. The lowest BCUT2D eigenvalue weighted by Gasteiger charge is -2.12. The van der Waals surface area contributed by atoms with Crippen LogP contribution in [0.15, 0.2) is 86.7 Å². The second-order valence-corrected chi connectivity index (χ2v) is 9.23. The van der Waals surface area contributed by atoms with Crippen LogP contribution in [0.25, 0.3) is 27.9 Å². The number of anilines is 1. The summed E-state index contributed by atoms with van der Waals surface area (Å²) in [6, 6.07) is 19.3. The number of aryl methyl sites for hydroxylation is 1. The third kappa shape index (κ3) is 4.18. The maximum absolute atomic E-state index is 13.3. The van der Waals surface area contributed by atoms with Gasteiger partial charge >= 0.3 is 5.69 Å². The number of para-hydroxylation sites is 1. The van der Waals surface area contributed by atoms with E-state index in [1.807, 2.05) is 12.1 Å². The van der Waals surface area contributed by atoms with Gasteiger partial charge < -0.3 is 15.4 Å². The van der Waals surface area contributed by atoms with E-state index < -0.39 is 22.9 Å². The predicted octanol–water partition coefficient (Wildman–Crippen LogP) is 3.54. The number of carbonyl (C=O) groups is 1. The topological polar surface area (TPSA) is 188 Å². The van der Waals surface area contributed by atoms with Crippen LogP contribution in [-0.2, 0) is 14.1 Å². The fourth-order valence-corrected chi connectivity index (χ4v) is 4.53. The molecule has 0 saturated heterocycles. The van der Waals surface area contributed by atoms with Gasteiger partial charge in [0.25, 0.3) is 11.5 Å². The Morgan fingerprint density at radius 2 is 1.79 bits per heavy atom. The maximum atomic E-state index is 13.3. The third-order valence-corrected chi connectivity index (χ3v) is 6.67. The van der Waals surface area contributed by atoms with E-state index in [1.165, 1.54) is 24.9 Å². The molecule has 3 N–H and O–H groups in total. The van der Waals surface area contributed by atoms with Crippen molar-refractivity contribution in [1.29, 1.82) is 5.26 Å². The number of fused-ring (bicyclic) bond motifs is 2. The summed E-state index contributed by atoms with van der Waals surface area (Å²) < 4.78 is 3.29. The lowest BCUT2D eigenvalue weighted by atomic mass is 10.0. The molecule has 3 aromatic carbocycles. The van der Waals surface area contributed by atoms with Gasteiger partial charge in [-0.3, -0.25) is 18.7 Å². The average Bonchev–Trinajstić information content (AvgIpc) is 3.63. The zero-order chi connectivity index (χ0) is 29.5. The monoisotopic (exact) mass is 560 g/mol. The Morgan fingerprint density at radius 1 is 1.05 bits per heavy atom. The number of azo groups is 1. The number of carbonyl (C=O) groups excluding carboxylic acids is 1. The minimum absolute atomic E-state index is 0.00408. The molecule has 14 heteroatoms. The molecule has 0 spiro atoms. The number of aromatic hydroxyl groups is 1. The number of H-pyrrole nitrogens is 1. The molecule has 0 atom stereocenters. The van der Waals surface area contributed by atoms with Crippen molar-refractivity contribution >= 4 is 45.0 Å². The molecule has 42 heavy (non-hydrogen) atoms. The lowest BCUT2D eigenvalue weighted by Crippen LogP contribution is -2.36. The lowest BCUT2D eigenvalue weighted by molar-refractivity contribution is 0.102. The highest BCUT2D eigenvalue weighted by molar-refractivity contribution is 6.16. The average molecular weight is 561 g/mol. The molecule has 14 nitrogen and oxygen atoms in total. The zero-order valence-electron chi connectivity index (χ0n) is 22.1. The van der Waals surface area contributed by atoms with Crippen LogP contribution < -0.4 is 16.6 Å². The molecule has 206 valence electrons. The fourth-order valence-electron chi connectivity index (χ4n) is 4.53. The number of nitrogens with one attached hydrogen (secondary N) is 2. The van der Waals surface area contributed by atoms with E-state index in [9.17, 15) is 24.8 Å². The highest BCUT2D eigenvalue weighted by Gasteiger charge is 2.22. The number of imidazole rings is 1. The summed E-state index contributed by atoms with van der Waals surface area (Å²) >= 11 is 0. The van der Waals surface area contributed by atoms with Crippen LogP contribution in [0.2, 0.25) is 0 Å². The summed E-state index contributed by atoms with van der Waals surface area (Å²) in [5.41, 5.74) is -0.530. The van der Waals surface area contributed by atoms with Crippen LogP contribution >= 0.6 is 0 Å². The molecule has 3 aromatic heterocycles. The number of nitriles is 1. The minimum atomic E-state index is -0.617. The molecule has 6 aromatic rings. The molecule has 0 aliphatic rings. The Hall–Kier alpha value is -6.36.